The predicted molar refractivity (Wildman–Crippen MR) is 70.3 cm³/mol. The first-order valence-corrected chi connectivity index (χ1v) is 7.66. The van der Waals surface area contributed by atoms with Crippen LogP contribution in [0.15, 0.2) is 0 Å². The summed E-state index contributed by atoms with van der Waals surface area (Å²) in [4.78, 5) is 31.5. The van der Waals surface area contributed by atoms with Crippen molar-refractivity contribution in [2.75, 3.05) is 24.7 Å². The lowest BCUT2D eigenvalue weighted by Crippen LogP contribution is -2.25. The van der Waals surface area contributed by atoms with Crippen molar-refractivity contribution in [3.63, 3.8) is 0 Å². The van der Waals surface area contributed by atoms with Gasteiger partial charge in [0.15, 0.2) is 0 Å². The first-order chi connectivity index (χ1) is 8.52. The molecule has 2 amide bonds. The summed E-state index contributed by atoms with van der Waals surface area (Å²) in [5.74, 6) is 0.0743. The molecule has 0 aliphatic heterocycles. The number of rotatable bonds is 10. The molecule has 4 N–H and O–H groups in total. The highest BCUT2D eigenvalue weighted by atomic mass is 33.1. The molecule has 0 heterocycles. The highest BCUT2D eigenvalue weighted by Crippen LogP contribution is 2.19. The Morgan fingerprint density at radius 2 is 1.83 bits per heavy atom. The standard InChI is InChI=1S/C9H16N2O5S2/c10-9(15)16-4-6-18-17-5-3-11-7(12)1-2-8(13)14/h1-6H2,(H2,10,15)(H,11,12)(H,13,14). The number of primary amides is 1. The second kappa shape index (κ2) is 11.0. The number of nitrogens with two attached hydrogens (primary N) is 1. The lowest BCUT2D eigenvalue weighted by atomic mass is 10.3. The largest absolute Gasteiger partial charge is 0.481 e. The van der Waals surface area contributed by atoms with Gasteiger partial charge in [0.2, 0.25) is 5.91 Å². The van der Waals surface area contributed by atoms with E-state index in [4.69, 9.17) is 10.8 Å². The number of carboxylic acid groups (broad SMARTS) is 1. The third kappa shape index (κ3) is 13.0. The number of carbonyl (C=O) groups excluding carboxylic acids is 2. The van der Waals surface area contributed by atoms with Gasteiger partial charge in [0, 0.05) is 24.5 Å². The minimum atomic E-state index is -0.982. The zero-order valence-corrected chi connectivity index (χ0v) is 11.3. The monoisotopic (exact) mass is 296 g/mol. The van der Waals surface area contributed by atoms with Gasteiger partial charge in [-0.05, 0) is 0 Å². The van der Waals surface area contributed by atoms with E-state index in [0.29, 0.717) is 18.1 Å². The molecule has 0 radical (unpaired) electrons. The molecule has 7 nitrogen and oxygen atoms in total. The third-order valence-corrected chi connectivity index (χ3v) is 3.94. The molecule has 0 fully saturated rings. The lowest BCUT2D eigenvalue weighted by Gasteiger charge is -2.04. The van der Waals surface area contributed by atoms with Gasteiger partial charge in [0.05, 0.1) is 6.42 Å². The number of aliphatic carboxylic acids is 1. The summed E-state index contributed by atoms with van der Waals surface area (Å²) < 4.78 is 4.52. The number of carbonyl (C=O) groups is 3. The number of carboxylic acids is 1. The smallest absolute Gasteiger partial charge is 0.404 e. The van der Waals surface area contributed by atoms with Crippen LogP contribution in [0.25, 0.3) is 0 Å². The topological polar surface area (TPSA) is 119 Å². The molecule has 0 atom stereocenters. The van der Waals surface area contributed by atoms with Gasteiger partial charge in [-0.3, -0.25) is 9.59 Å². The van der Waals surface area contributed by atoms with Crippen molar-refractivity contribution in [2.24, 2.45) is 5.73 Å². The Balaban J connectivity index is 3.22. The number of amides is 2. The maximum Gasteiger partial charge on any atom is 0.404 e. The summed E-state index contributed by atoms with van der Waals surface area (Å²) in [6.45, 7) is 0.741. The van der Waals surface area contributed by atoms with Crippen LogP contribution in [0.2, 0.25) is 0 Å². The van der Waals surface area contributed by atoms with Crippen LogP contribution in [-0.2, 0) is 14.3 Å². The molecule has 18 heavy (non-hydrogen) atoms. The van der Waals surface area contributed by atoms with E-state index >= 15 is 0 Å². The molecule has 0 aromatic rings. The van der Waals surface area contributed by atoms with Crippen molar-refractivity contribution in [3.05, 3.63) is 0 Å². The van der Waals surface area contributed by atoms with Gasteiger partial charge in [0.1, 0.15) is 6.61 Å². The number of hydrogen-bond donors (Lipinski definition) is 3. The quantitative estimate of drug-likeness (QED) is 0.395. The molecule has 0 aliphatic carbocycles. The SMILES string of the molecule is NC(=O)OCCSSCCNC(=O)CCC(=O)O. The van der Waals surface area contributed by atoms with Gasteiger partial charge in [-0.1, -0.05) is 21.6 Å². The van der Waals surface area contributed by atoms with Gasteiger partial charge in [-0.15, -0.1) is 0 Å². The van der Waals surface area contributed by atoms with Crippen molar-refractivity contribution in [1.29, 1.82) is 0 Å². The number of hydrogen-bond acceptors (Lipinski definition) is 6. The molecule has 0 saturated heterocycles. The summed E-state index contributed by atoms with van der Waals surface area (Å²) in [5.41, 5.74) is 4.77. The van der Waals surface area contributed by atoms with E-state index in [1.54, 1.807) is 0 Å². The maximum atomic E-state index is 11.1. The Morgan fingerprint density at radius 1 is 1.17 bits per heavy atom. The first-order valence-electron chi connectivity index (χ1n) is 5.17. The Kier molecular flexibility index (Phi) is 10.4. The van der Waals surface area contributed by atoms with Gasteiger partial charge in [-0.2, -0.15) is 0 Å². The summed E-state index contributed by atoms with van der Waals surface area (Å²) in [7, 11) is 3.03. The summed E-state index contributed by atoms with van der Waals surface area (Å²) in [5, 5.41) is 11.0. The molecular weight excluding hydrogens is 280 g/mol. The molecule has 0 aliphatic rings. The molecule has 0 aromatic carbocycles. The normalized spacial score (nSPS) is 9.78. The lowest BCUT2D eigenvalue weighted by molar-refractivity contribution is -0.138. The van der Waals surface area contributed by atoms with Crippen molar-refractivity contribution >= 4 is 39.6 Å². The number of ether oxygens (including phenoxy) is 1. The van der Waals surface area contributed by atoms with E-state index in [-0.39, 0.29) is 25.4 Å². The summed E-state index contributed by atoms with van der Waals surface area (Å²) >= 11 is 0. The van der Waals surface area contributed by atoms with E-state index in [9.17, 15) is 14.4 Å². The molecule has 0 bridgehead atoms. The van der Waals surface area contributed by atoms with Gasteiger partial charge in [0.25, 0.3) is 0 Å². The zero-order valence-electron chi connectivity index (χ0n) is 9.72. The van der Waals surface area contributed by atoms with Crippen LogP contribution in [0.4, 0.5) is 4.79 Å². The Bertz CT molecular complexity index is 288. The highest BCUT2D eigenvalue weighted by Gasteiger charge is 2.04. The van der Waals surface area contributed by atoms with Crippen molar-refractivity contribution in [2.45, 2.75) is 12.8 Å². The molecule has 0 spiro atoms. The molecule has 0 unspecified atom stereocenters. The van der Waals surface area contributed by atoms with Crippen LogP contribution in [0.1, 0.15) is 12.8 Å². The Morgan fingerprint density at radius 3 is 2.44 bits per heavy atom. The van der Waals surface area contributed by atoms with Crippen LogP contribution < -0.4 is 11.1 Å². The fraction of sp³-hybridized carbons (Fsp3) is 0.667. The zero-order chi connectivity index (χ0) is 13.8. The third-order valence-electron chi connectivity index (χ3n) is 1.57. The van der Waals surface area contributed by atoms with Gasteiger partial charge >= 0.3 is 12.1 Å². The second-order valence-electron chi connectivity index (χ2n) is 3.06. The molecule has 9 heteroatoms. The van der Waals surface area contributed by atoms with Gasteiger partial charge < -0.3 is 20.9 Å². The summed E-state index contributed by atoms with van der Waals surface area (Å²) in [6.07, 6.45) is -0.941. The fourth-order valence-corrected chi connectivity index (χ4v) is 2.57. The maximum absolute atomic E-state index is 11.1. The minimum absolute atomic E-state index is 0.000402. The molecule has 0 saturated carbocycles. The molecule has 0 aromatic heterocycles. The minimum Gasteiger partial charge on any atom is -0.481 e. The second-order valence-corrected chi connectivity index (χ2v) is 5.76. The van der Waals surface area contributed by atoms with Crippen LogP contribution in [0.3, 0.4) is 0 Å². The number of nitrogens with one attached hydrogen (secondary N) is 1. The Hall–Kier alpha value is -1.09. The van der Waals surface area contributed by atoms with Crippen molar-refractivity contribution in [1.82, 2.24) is 5.32 Å². The predicted octanol–water partition coefficient (Wildman–Crippen LogP) is 0.444. The van der Waals surface area contributed by atoms with Crippen LogP contribution >= 0.6 is 21.6 Å². The molecular formula is C9H16N2O5S2. The van der Waals surface area contributed by atoms with Crippen LogP contribution in [0, 0.1) is 0 Å². The molecule has 0 rings (SSSR count). The average Bonchev–Trinajstić information content (AvgIpc) is 2.29. The summed E-state index contributed by atoms with van der Waals surface area (Å²) in [6, 6.07) is 0. The highest BCUT2D eigenvalue weighted by molar-refractivity contribution is 8.76. The van der Waals surface area contributed by atoms with Crippen molar-refractivity contribution in [3.8, 4) is 0 Å². The van der Waals surface area contributed by atoms with E-state index in [2.05, 4.69) is 10.1 Å². The van der Waals surface area contributed by atoms with E-state index < -0.39 is 12.1 Å². The average molecular weight is 296 g/mol. The van der Waals surface area contributed by atoms with Crippen LogP contribution in [-0.4, -0.2) is 47.7 Å². The van der Waals surface area contributed by atoms with E-state index in [1.807, 2.05) is 0 Å². The van der Waals surface area contributed by atoms with Gasteiger partial charge in [-0.25, -0.2) is 4.79 Å². The first kappa shape index (κ1) is 16.9. The Labute approximate surface area is 113 Å². The van der Waals surface area contributed by atoms with Crippen molar-refractivity contribution < 1.29 is 24.2 Å². The molecule has 104 valence electrons. The van der Waals surface area contributed by atoms with Crippen LogP contribution in [0.5, 0.6) is 0 Å². The van der Waals surface area contributed by atoms with E-state index in [0.717, 1.165) is 0 Å². The van der Waals surface area contributed by atoms with E-state index in [1.165, 1.54) is 21.6 Å². The fourth-order valence-electron chi connectivity index (χ4n) is 0.835.